The van der Waals surface area contributed by atoms with Gasteiger partial charge in [-0.2, -0.15) is 4.98 Å². The predicted octanol–water partition coefficient (Wildman–Crippen LogP) is 4.41. The summed E-state index contributed by atoms with van der Waals surface area (Å²) >= 11 is 6.14. The van der Waals surface area contributed by atoms with Crippen LogP contribution in [-0.2, 0) is 0 Å². The second-order valence-electron chi connectivity index (χ2n) is 6.92. The molecule has 0 radical (unpaired) electrons. The van der Waals surface area contributed by atoms with E-state index in [1.54, 1.807) is 6.07 Å². The fourth-order valence-electron chi connectivity index (χ4n) is 3.59. The maximum absolute atomic E-state index is 13.5. The Labute approximate surface area is 158 Å². The molecule has 2 aromatic rings. The summed E-state index contributed by atoms with van der Waals surface area (Å²) in [5.74, 6) is 1.10. The molecule has 5 nitrogen and oxygen atoms in total. The van der Waals surface area contributed by atoms with Gasteiger partial charge in [0.05, 0.1) is 6.54 Å². The van der Waals surface area contributed by atoms with Gasteiger partial charge in [-0.25, -0.2) is 9.37 Å². The molecular formula is C19H23ClFN5. The van der Waals surface area contributed by atoms with E-state index in [0.29, 0.717) is 36.4 Å². The van der Waals surface area contributed by atoms with Gasteiger partial charge in [-0.1, -0.05) is 11.6 Å². The summed E-state index contributed by atoms with van der Waals surface area (Å²) in [7, 11) is 0. The van der Waals surface area contributed by atoms with Gasteiger partial charge in [0.1, 0.15) is 17.1 Å². The van der Waals surface area contributed by atoms with E-state index in [0.717, 1.165) is 18.8 Å². The van der Waals surface area contributed by atoms with Gasteiger partial charge in [-0.3, -0.25) is 0 Å². The summed E-state index contributed by atoms with van der Waals surface area (Å²) in [5.41, 5.74) is 2.15. The van der Waals surface area contributed by atoms with Crippen LogP contribution >= 0.6 is 11.6 Å². The highest BCUT2D eigenvalue weighted by atomic mass is 35.5. The summed E-state index contributed by atoms with van der Waals surface area (Å²) < 4.78 is 13.5. The molecule has 0 spiro atoms. The molecule has 138 valence electrons. The van der Waals surface area contributed by atoms with Gasteiger partial charge in [0, 0.05) is 37.1 Å². The maximum atomic E-state index is 13.5. The Morgan fingerprint density at radius 3 is 2.46 bits per heavy atom. The Bertz CT molecular complexity index is 748. The first kappa shape index (κ1) is 17.3. The summed E-state index contributed by atoms with van der Waals surface area (Å²) in [5, 5.41) is 3.56. The lowest BCUT2D eigenvalue weighted by atomic mass is 10.1. The first-order chi connectivity index (χ1) is 12.7. The van der Waals surface area contributed by atoms with Crippen LogP contribution in [0.4, 0.5) is 27.5 Å². The molecule has 2 fully saturated rings. The van der Waals surface area contributed by atoms with E-state index in [-0.39, 0.29) is 0 Å². The first-order valence-electron chi connectivity index (χ1n) is 9.23. The molecule has 0 saturated carbocycles. The van der Waals surface area contributed by atoms with E-state index in [2.05, 4.69) is 32.3 Å². The molecule has 0 aliphatic carbocycles. The maximum Gasteiger partial charge on any atom is 0.230 e. The van der Waals surface area contributed by atoms with E-state index in [1.807, 2.05) is 17.0 Å². The molecule has 2 saturated heterocycles. The van der Waals surface area contributed by atoms with Gasteiger partial charge in [-0.15, -0.1) is 0 Å². The molecule has 0 amide bonds. The summed E-state index contributed by atoms with van der Waals surface area (Å²) in [6, 6.07) is 9.98. The smallest absolute Gasteiger partial charge is 0.230 e. The van der Waals surface area contributed by atoms with Gasteiger partial charge in [0.25, 0.3) is 0 Å². The lowest BCUT2D eigenvalue weighted by Gasteiger charge is -2.28. The van der Waals surface area contributed by atoms with Crippen LogP contribution in [0.3, 0.4) is 0 Å². The number of anilines is 4. The van der Waals surface area contributed by atoms with Crippen molar-refractivity contribution in [1.29, 1.82) is 0 Å². The van der Waals surface area contributed by atoms with Crippen molar-refractivity contribution in [3.8, 4) is 0 Å². The molecule has 2 aliphatic heterocycles. The quantitative estimate of drug-likeness (QED) is 0.802. The summed E-state index contributed by atoms with van der Waals surface area (Å²) in [4.78, 5) is 13.1. The van der Waals surface area contributed by atoms with E-state index in [4.69, 9.17) is 11.6 Å². The minimum Gasteiger partial charge on any atom is -0.372 e. The van der Waals surface area contributed by atoms with E-state index in [1.165, 1.54) is 24.9 Å². The highest BCUT2D eigenvalue weighted by molar-refractivity contribution is 6.29. The Morgan fingerprint density at radius 1 is 1.00 bits per heavy atom. The molecule has 26 heavy (non-hydrogen) atoms. The summed E-state index contributed by atoms with van der Waals surface area (Å²) in [6.45, 7) is 3.26. The second kappa shape index (κ2) is 7.66. The summed E-state index contributed by atoms with van der Waals surface area (Å²) in [6.07, 6.45) is 3.57. The van der Waals surface area contributed by atoms with Crippen LogP contribution in [0.2, 0.25) is 5.15 Å². The number of hydrogen-bond acceptors (Lipinski definition) is 5. The lowest BCUT2D eigenvalue weighted by Crippen LogP contribution is -2.29. The van der Waals surface area contributed by atoms with Crippen molar-refractivity contribution in [2.45, 2.75) is 31.9 Å². The molecule has 7 heteroatoms. The van der Waals surface area contributed by atoms with Gasteiger partial charge in [-0.05, 0) is 49.9 Å². The predicted molar refractivity (Wildman–Crippen MR) is 105 cm³/mol. The number of halogens is 2. The van der Waals surface area contributed by atoms with Crippen LogP contribution in [0.15, 0.2) is 30.3 Å². The number of benzene rings is 1. The first-order valence-corrected chi connectivity index (χ1v) is 9.61. The molecule has 1 aromatic carbocycles. The highest BCUT2D eigenvalue weighted by Gasteiger charge is 2.23. The van der Waals surface area contributed by atoms with Gasteiger partial charge in [0.2, 0.25) is 5.95 Å². The third kappa shape index (κ3) is 4.01. The molecular weight excluding hydrogens is 353 g/mol. The Hall–Kier alpha value is -2.08. The van der Waals surface area contributed by atoms with E-state index < -0.39 is 6.17 Å². The topological polar surface area (TPSA) is 44.3 Å². The SMILES string of the molecule is F[C@@H]1CCN(c2cc(Cl)nc(Nc3ccc(N4CCCCC4)cc3)n2)C1. The fourth-order valence-corrected chi connectivity index (χ4v) is 3.76. The number of nitrogens with zero attached hydrogens (tertiary/aromatic N) is 4. The largest absolute Gasteiger partial charge is 0.372 e. The van der Waals surface area contributed by atoms with Gasteiger partial charge in [0.15, 0.2) is 0 Å². The number of alkyl halides is 1. The van der Waals surface area contributed by atoms with Crippen molar-refractivity contribution < 1.29 is 4.39 Å². The zero-order chi connectivity index (χ0) is 17.9. The number of aromatic nitrogens is 2. The molecule has 1 aromatic heterocycles. The third-order valence-corrected chi connectivity index (χ3v) is 5.17. The number of nitrogens with one attached hydrogen (secondary N) is 1. The minimum absolute atomic E-state index is 0.352. The number of hydrogen-bond donors (Lipinski definition) is 1. The number of piperidine rings is 1. The second-order valence-corrected chi connectivity index (χ2v) is 7.31. The third-order valence-electron chi connectivity index (χ3n) is 4.98. The minimum atomic E-state index is -0.803. The Morgan fingerprint density at radius 2 is 1.77 bits per heavy atom. The molecule has 3 heterocycles. The number of rotatable bonds is 4. The van der Waals surface area contributed by atoms with Crippen LogP contribution in [0.1, 0.15) is 25.7 Å². The van der Waals surface area contributed by atoms with E-state index >= 15 is 0 Å². The van der Waals surface area contributed by atoms with Crippen molar-refractivity contribution >= 4 is 34.7 Å². The van der Waals surface area contributed by atoms with Crippen LogP contribution < -0.4 is 15.1 Å². The molecule has 2 aliphatic rings. The van der Waals surface area contributed by atoms with Gasteiger partial charge < -0.3 is 15.1 Å². The zero-order valence-electron chi connectivity index (χ0n) is 14.7. The Balaban J connectivity index is 1.47. The Kier molecular flexibility index (Phi) is 5.11. The monoisotopic (exact) mass is 375 g/mol. The molecule has 1 atom stereocenters. The normalized spacial score (nSPS) is 20.5. The van der Waals surface area contributed by atoms with Crippen LogP contribution in [0.25, 0.3) is 0 Å². The average Bonchev–Trinajstić information content (AvgIpc) is 3.09. The van der Waals surface area contributed by atoms with Crippen molar-refractivity contribution in [3.63, 3.8) is 0 Å². The van der Waals surface area contributed by atoms with E-state index in [9.17, 15) is 4.39 Å². The fraction of sp³-hybridized carbons (Fsp3) is 0.474. The van der Waals surface area contributed by atoms with Crippen LogP contribution in [0, 0.1) is 0 Å². The van der Waals surface area contributed by atoms with Crippen LogP contribution in [0.5, 0.6) is 0 Å². The van der Waals surface area contributed by atoms with Crippen LogP contribution in [-0.4, -0.2) is 42.3 Å². The van der Waals surface area contributed by atoms with Crippen molar-refractivity contribution in [2.24, 2.45) is 0 Å². The zero-order valence-corrected chi connectivity index (χ0v) is 15.4. The lowest BCUT2D eigenvalue weighted by molar-refractivity contribution is 0.364. The average molecular weight is 376 g/mol. The molecule has 0 unspecified atom stereocenters. The van der Waals surface area contributed by atoms with Crippen molar-refractivity contribution in [1.82, 2.24) is 9.97 Å². The molecule has 1 N–H and O–H groups in total. The molecule has 4 rings (SSSR count). The standard InChI is InChI=1S/C19H23ClFN5/c20-17-12-18(26-11-8-14(21)13-26)24-19(23-17)22-15-4-6-16(7-5-15)25-9-2-1-3-10-25/h4-7,12,14H,1-3,8-11,13H2,(H,22,23,24)/t14-/m1/s1. The molecule has 0 bridgehead atoms. The van der Waals surface area contributed by atoms with Crippen molar-refractivity contribution in [2.75, 3.05) is 41.3 Å². The van der Waals surface area contributed by atoms with Crippen molar-refractivity contribution in [3.05, 3.63) is 35.5 Å². The van der Waals surface area contributed by atoms with Gasteiger partial charge >= 0.3 is 0 Å². The highest BCUT2D eigenvalue weighted by Crippen LogP contribution is 2.26.